The van der Waals surface area contributed by atoms with Gasteiger partial charge in [-0.1, -0.05) is 41.4 Å². The topological polar surface area (TPSA) is 71.8 Å². The Hall–Kier alpha value is -2.17. The molecule has 0 aliphatic heterocycles. The minimum absolute atomic E-state index is 0.218. The molecule has 2 aromatic rings. The zero-order chi connectivity index (χ0) is 10.2. The molecule has 72 valence electrons. The molecule has 0 aliphatic rings. The van der Waals surface area contributed by atoms with Gasteiger partial charge in [0.25, 0.3) is 0 Å². The Balaban J connectivity index is 0.000000146. The number of hydrogen-bond acceptors (Lipinski definition) is 3. The fraction of sp³-hybridized carbons (Fsp3) is 0. The van der Waals surface area contributed by atoms with E-state index in [9.17, 15) is 10.1 Å². The average Bonchev–Trinajstić information content (AvgIpc) is 2.74. The Kier molecular flexibility index (Phi) is 3.87. The molecule has 0 atom stereocenters. The molecule has 0 aliphatic carbocycles. The van der Waals surface area contributed by atoms with Gasteiger partial charge < -0.3 is 10.1 Å². The summed E-state index contributed by atoms with van der Waals surface area (Å²) in [6.07, 6.45) is 2.73. The van der Waals surface area contributed by atoms with E-state index in [-0.39, 0.29) is 5.95 Å². The second-order valence-corrected chi connectivity index (χ2v) is 2.32. The van der Waals surface area contributed by atoms with E-state index in [1.807, 2.05) is 36.4 Å². The summed E-state index contributed by atoms with van der Waals surface area (Å²) in [6.45, 7) is 0. The van der Waals surface area contributed by atoms with E-state index in [0.717, 1.165) is 0 Å². The van der Waals surface area contributed by atoms with Crippen molar-refractivity contribution in [2.45, 2.75) is 0 Å². The highest BCUT2D eigenvalue weighted by Crippen LogP contribution is 1.96. The Morgan fingerprint density at radius 3 is 1.86 bits per heavy atom. The first-order chi connectivity index (χ1) is 6.80. The lowest BCUT2D eigenvalue weighted by molar-refractivity contribution is -0.393. The van der Waals surface area contributed by atoms with Crippen molar-refractivity contribution in [2.24, 2.45) is 0 Å². The molecule has 0 bridgehead atoms. The first-order valence-corrected chi connectivity index (χ1v) is 3.94. The molecule has 0 saturated carbocycles. The highest BCUT2D eigenvalue weighted by molar-refractivity contribution is 5.00. The number of nitrogens with one attached hydrogen (secondary N) is 1. The van der Waals surface area contributed by atoms with E-state index >= 15 is 0 Å². The lowest BCUT2D eigenvalue weighted by Gasteiger charge is -1.83. The zero-order valence-corrected chi connectivity index (χ0v) is 7.33. The lowest BCUT2D eigenvalue weighted by Crippen LogP contribution is -1.88. The fourth-order valence-electron chi connectivity index (χ4n) is 0.742. The number of rotatable bonds is 1. The third-order valence-corrected chi connectivity index (χ3v) is 1.32. The molecule has 0 amide bonds. The van der Waals surface area contributed by atoms with E-state index in [2.05, 4.69) is 9.97 Å². The molecular formula is C9H9N3O2. The quantitative estimate of drug-likeness (QED) is 0.553. The molecule has 0 unspecified atom stereocenters. The van der Waals surface area contributed by atoms with E-state index < -0.39 is 4.92 Å². The smallest absolute Gasteiger partial charge is 0.390 e. The van der Waals surface area contributed by atoms with Crippen molar-refractivity contribution in [3.8, 4) is 0 Å². The first-order valence-electron chi connectivity index (χ1n) is 3.94. The number of aromatic amines is 1. The molecule has 0 radical (unpaired) electrons. The summed E-state index contributed by atoms with van der Waals surface area (Å²) in [5.41, 5.74) is 0. The van der Waals surface area contributed by atoms with Crippen LogP contribution in [0.3, 0.4) is 0 Å². The monoisotopic (exact) mass is 191 g/mol. The van der Waals surface area contributed by atoms with Gasteiger partial charge in [0.05, 0.1) is 6.20 Å². The molecule has 5 heteroatoms. The summed E-state index contributed by atoms with van der Waals surface area (Å²) >= 11 is 0. The molecule has 0 saturated heterocycles. The van der Waals surface area contributed by atoms with Gasteiger partial charge in [-0.25, -0.2) is 4.98 Å². The first kappa shape index (κ1) is 9.91. The summed E-state index contributed by atoms with van der Waals surface area (Å²) in [4.78, 5) is 14.9. The van der Waals surface area contributed by atoms with Gasteiger partial charge in [-0.2, -0.15) is 0 Å². The van der Waals surface area contributed by atoms with Gasteiger partial charge in [0, 0.05) is 0 Å². The summed E-state index contributed by atoms with van der Waals surface area (Å²) in [6, 6.07) is 12.0. The highest BCUT2D eigenvalue weighted by atomic mass is 16.6. The van der Waals surface area contributed by atoms with Crippen LogP contribution in [0, 0.1) is 10.1 Å². The number of aromatic nitrogens is 2. The van der Waals surface area contributed by atoms with E-state index in [0.29, 0.717) is 0 Å². The summed E-state index contributed by atoms with van der Waals surface area (Å²) < 4.78 is 0. The van der Waals surface area contributed by atoms with Gasteiger partial charge >= 0.3 is 5.95 Å². The van der Waals surface area contributed by atoms with Gasteiger partial charge in [-0.05, 0) is 4.92 Å². The third kappa shape index (κ3) is 3.48. The minimum atomic E-state index is -0.583. The third-order valence-electron chi connectivity index (χ3n) is 1.32. The molecule has 1 aromatic carbocycles. The summed E-state index contributed by atoms with van der Waals surface area (Å²) in [5, 5.41) is 9.77. The van der Waals surface area contributed by atoms with Gasteiger partial charge in [0.15, 0.2) is 0 Å². The van der Waals surface area contributed by atoms with Crippen LogP contribution >= 0.6 is 0 Å². The van der Waals surface area contributed by atoms with Crippen LogP contribution in [0.15, 0.2) is 48.8 Å². The molecule has 14 heavy (non-hydrogen) atoms. The summed E-state index contributed by atoms with van der Waals surface area (Å²) in [5.74, 6) is -0.218. The fourth-order valence-corrected chi connectivity index (χ4v) is 0.742. The summed E-state index contributed by atoms with van der Waals surface area (Å²) in [7, 11) is 0. The van der Waals surface area contributed by atoms with Crippen LogP contribution < -0.4 is 0 Å². The SMILES string of the molecule is O=[N+]([O-])c1ncc[nH]1.c1ccccc1. The second-order valence-electron chi connectivity index (χ2n) is 2.32. The molecule has 2 rings (SSSR count). The van der Waals surface area contributed by atoms with Crippen LogP contribution in [0.2, 0.25) is 0 Å². The maximum absolute atomic E-state index is 9.77. The maximum Gasteiger partial charge on any atom is 0.432 e. The molecule has 1 N–H and O–H groups in total. The van der Waals surface area contributed by atoms with Gasteiger partial charge in [0.2, 0.25) is 0 Å². The van der Waals surface area contributed by atoms with Crippen molar-refractivity contribution in [3.63, 3.8) is 0 Å². The molecule has 5 nitrogen and oxygen atoms in total. The lowest BCUT2D eigenvalue weighted by atomic mass is 10.4. The average molecular weight is 191 g/mol. The molecular weight excluding hydrogens is 182 g/mol. The minimum Gasteiger partial charge on any atom is -0.390 e. The normalized spacial score (nSPS) is 8.57. The van der Waals surface area contributed by atoms with Crippen molar-refractivity contribution in [1.29, 1.82) is 0 Å². The number of nitrogens with zero attached hydrogens (tertiary/aromatic N) is 2. The van der Waals surface area contributed by atoms with Crippen LogP contribution in [0.4, 0.5) is 5.95 Å². The van der Waals surface area contributed by atoms with E-state index in [4.69, 9.17) is 0 Å². The number of H-pyrrole nitrogens is 1. The van der Waals surface area contributed by atoms with E-state index in [1.54, 1.807) is 0 Å². The second kappa shape index (κ2) is 5.47. The van der Waals surface area contributed by atoms with Crippen molar-refractivity contribution in [2.75, 3.05) is 0 Å². The largest absolute Gasteiger partial charge is 0.432 e. The number of hydrogen-bond donors (Lipinski definition) is 1. The molecule has 1 aromatic heterocycles. The molecule has 0 spiro atoms. The van der Waals surface area contributed by atoms with Crippen LogP contribution in [0.25, 0.3) is 0 Å². The van der Waals surface area contributed by atoms with Crippen molar-refractivity contribution >= 4 is 5.95 Å². The Labute approximate surface area is 80.6 Å². The van der Waals surface area contributed by atoms with Crippen molar-refractivity contribution in [1.82, 2.24) is 9.97 Å². The maximum atomic E-state index is 9.77. The molecule has 1 heterocycles. The zero-order valence-electron chi connectivity index (χ0n) is 7.33. The van der Waals surface area contributed by atoms with Gasteiger partial charge in [-0.3, -0.25) is 0 Å². The van der Waals surface area contributed by atoms with Crippen LogP contribution in [-0.4, -0.2) is 14.9 Å². The number of nitro groups is 1. The highest BCUT2D eigenvalue weighted by Gasteiger charge is 2.01. The Bertz CT molecular complexity index is 332. The number of imidazole rings is 1. The van der Waals surface area contributed by atoms with Crippen molar-refractivity contribution in [3.05, 3.63) is 58.9 Å². The predicted octanol–water partition coefficient (Wildman–Crippen LogP) is 2.00. The van der Waals surface area contributed by atoms with Crippen LogP contribution in [0.5, 0.6) is 0 Å². The molecule has 0 fully saturated rings. The van der Waals surface area contributed by atoms with Gasteiger partial charge in [-0.15, -0.1) is 0 Å². The standard InChI is InChI=1S/C6H6.C3H3N3O2/c1-2-4-6-5-3-1;7-6(8)3-4-1-2-5-3/h1-6H;1-2H,(H,4,5). The Morgan fingerprint density at radius 1 is 1.14 bits per heavy atom. The van der Waals surface area contributed by atoms with Gasteiger partial charge in [0.1, 0.15) is 6.20 Å². The van der Waals surface area contributed by atoms with Crippen LogP contribution in [0.1, 0.15) is 0 Å². The van der Waals surface area contributed by atoms with Crippen LogP contribution in [-0.2, 0) is 0 Å². The van der Waals surface area contributed by atoms with Crippen molar-refractivity contribution < 1.29 is 4.92 Å². The Morgan fingerprint density at radius 2 is 1.64 bits per heavy atom. The predicted molar refractivity (Wildman–Crippen MR) is 51.7 cm³/mol. The number of benzene rings is 1. The van der Waals surface area contributed by atoms with E-state index in [1.165, 1.54) is 12.4 Å².